The molecule has 126 valence electrons. The number of hydrogen-bond donors (Lipinski definition) is 1. The minimum absolute atomic E-state index is 0.00506. The maximum Gasteiger partial charge on any atom is 0.224 e. The Morgan fingerprint density at radius 1 is 1.33 bits per heavy atom. The van der Waals surface area contributed by atoms with E-state index in [4.69, 9.17) is 4.74 Å². The molecular formula is C19H23N3O2. The van der Waals surface area contributed by atoms with E-state index in [1.54, 1.807) is 6.20 Å². The second-order valence-corrected chi connectivity index (χ2v) is 6.20. The summed E-state index contributed by atoms with van der Waals surface area (Å²) in [6.45, 7) is 3.95. The lowest BCUT2D eigenvalue weighted by Crippen LogP contribution is -2.26. The van der Waals surface area contributed by atoms with Crippen molar-refractivity contribution in [3.63, 3.8) is 0 Å². The van der Waals surface area contributed by atoms with E-state index in [2.05, 4.69) is 15.3 Å². The maximum absolute atomic E-state index is 12.2. The number of aromatic nitrogens is 2. The van der Waals surface area contributed by atoms with Crippen molar-refractivity contribution in [2.24, 2.45) is 0 Å². The number of benzene rings is 1. The van der Waals surface area contributed by atoms with Crippen LogP contribution in [0.25, 0.3) is 0 Å². The molecule has 0 spiro atoms. The van der Waals surface area contributed by atoms with E-state index in [0.717, 1.165) is 42.1 Å². The van der Waals surface area contributed by atoms with Gasteiger partial charge in [-0.3, -0.25) is 4.79 Å². The van der Waals surface area contributed by atoms with Crippen molar-refractivity contribution in [3.8, 4) is 0 Å². The standard InChI is InChI=1S/C19H23N3O2/c1-14-5-2-3-6-15(14)11-18(23)21-12-17-8-9-20-19(22-17)16-7-4-10-24-13-16/h2-3,5-6,8-9,16H,4,7,10-13H2,1H3,(H,21,23)/t16-/m1/s1. The number of rotatable bonds is 5. The molecule has 5 nitrogen and oxygen atoms in total. The number of hydrogen-bond acceptors (Lipinski definition) is 4. The number of amides is 1. The predicted octanol–water partition coefficient (Wildman–Crippen LogP) is 2.54. The first kappa shape index (κ1) is 16.6. The molecule has 1 fully saturated rings. The zero-order chi connectivity index (χ0) is 16.8. The van der Waals surface area contributed by atoms with Crippen LogP contribution in [-0.2, 0) is 22.5 Å². The summed E-state index contributed by atoms with van der Waals surface area (Å²) in [6, 6.07) is 9.79. The molecule has 2 aromatic rings. The van der Waals surface area contributed by atoms with E-state index in [-0.39, 0.29) is 11.8 Å². The van der Waals surface area contributed by atoms with Gasteiger partial charge in [0.1, 0.15) is 5.82 Å². The smallest absolute Gasteiger partial charge is 0.224 e. The van der Waals surface area contributed by atoms with Gasteiger partial charge in [0, 0.05) is 18.7 Å². The summed E-state index contributed by atoms with van der Waals surface area (Å²) in [5, 5.41) is 2.94. The highest BCUT2D eigenvalue weighted by Crippen LogP contribution is 2.22. The zero-order valence-corrected chi connectivity index (χ0v) is 14.0. The van der Waals surface area contributed by atoms with Gasteiger partial charge in [-0.15, -0.1) is 0 Å². The third kappa shape index (κ3) is 4.38. The van der Waals surface area contributed by atoms with E-state index in [1.807, 2.05) is 37.3 Å². The number of ether oxygens (including phenoxy) is 1. The molecule has 0 saturated carbocycles. The van der Waals surface area contributed by atoms with Crippen LogP contribution in [0.5, 0.6) is 0 Å². The lowest BCUT2D eigenvalue weighted by Gasteiger charge is -2.20. The first-order chi connectivity index (χ1) is 11.7. The largest absolute Gasteiger partial charge is 0.381 e. The van der Waals surface area contributed by atoms with Gasteiger partial charge in [0.05, 0.1) is 25.3 Å². The Balaban J connectivity index is 1.56. The van der Waals surface area contributed by atoms with Gasteiger partial charge in [0.2, 0.25) is 5.91 Å². The Hall–Kier alpha value is -2.27. The van der Waals surface area contributed by atoms with Crippen LogP contribution in [0.15, 0.2) is 36.5 Å². The van der Waals surface area contributed by atoms with Crippen LogP contribution < -0.4 is 5.32 Å². The number of carbonyl (C=O) groups is 1. The van der Waals surface area contributed by atoms with Gasteiger partial charge in [-0.25, -0.2) is 9.97 Å². The fourth-order valence-electron chi connectivity index (χ4n) is 2.89. The molecule has 0 aliphatic carbocycles. The van der Waals surface area contributed by atoms with E-state index >= 15 is 0 Å². The van der Waals surface area contributed by atoms with Crippen LogP contribution in [0.1, 0.15) is 41.4 Å². The molecule has 0 bridgehead atoms. The van der Waals surface area contributed by atoms with Crippen LogP contribution in [0.4, 0.5) is 0 Å². The highest BCUT2D eigenvalue weighted by atomic mass is 16.5. The lowest BCUT2D eigenvalue weighted by atomic mass is 10.0. The van der Waals surface area contributed by atoms with Crippen molar-refractivity contribution in [1.29, 1.82) is 0 Å². The molecule has 1 aromatic heterocycles. The molecule has 1 atom stereocenters. The van der Waals surface area contributed by atoms with Crippen LogP contribution >= 0.6 is 0 Å². The van der Waals surface area contributed by atoms with Crippen LogP contribution in [0.2, 0.25) is 0 Å². The van der Waals surface area contributed by atoms with Crippen LogP contribution in [-0.4, -0.2) is 29.1 Å². The highest BCUT2D eigenvalue weighted by Gasteiger charge is 2.18. The number of nitrogens with one attached hydrogen (secondary N) is 1. The molecule has 24 heavy (non-hydrogen) atoms. The summed E-state index contributed by atoms with van der Waals surface area (Å²) in [5.74, 6) is 1.09. The van der Waals surface area contributed by atoms with Crippen molar-refractivity contribution in [3.05, 3.63) is 59.2 Å². The van der Waals surface area contributed by atoms with Gasteiger partial charge in [0.15, 0.2) is 0 Å². The molecule has 1 N–H and O–H groups in total. The third-order valence-corrected chi connectivity index (χ3v) is 4.34. The van der Waals surface area contributed by atoms with Crippen molar-refractivity contribution in [2.45, 2.75) is 38.6 Å². The Bertz CT molecular complexity index is 697. The minimum Gasteiger partial charge on any atom is -0.381 e. The maximum atomic E-state index is 12.2. The highest BCUT2D eigenvalue weighted by molar-refractivity contribution is 5.78. The molecule has 1 amide bonds. The fraction of sp³-hybridized carbons (Fsp3) is 0.421. The topological polar surface area (TPSA) is 64.1 Å². The van der Waals surface area contributed by atoms with Gasteiger partial charge in [-0.1, -0.05) is 24.3 Å². The molecule has 0 radical (unpaired) electrons. The summed E-state index contributed by atoms with van der Waals surface area (Å²) in [6.07, 6.45) is 4.26. The SMILES string of the molecule is Cc1ccccc1CC(=O)NCc1ccnc([C@@H]2CCCOC2)n1. The number of nitrogens with zero attached hydrogens (tertiary/aromatic N) is 2. The minimum atomic E-state index is 0.00506. The molecule has 5 heteroatoms. The average molecular weight is 325 g/mol. The molecule has 2 heterocycles. The summed E-state index contributed by atoms with van der Waals surface area (Å²) < 4.78 is 5.50. The summed E-state index contributed by atoms with van der Waals surface area (Å²) in [5.41, 5.74) is 3.02. The van der Waals surface area contributed by atoms with Gasteiger partial charge < -0.3 is 10.1 Å². The van der Waals surface area contributed by atoms with Gasteiger partial charge >= 0.3 is 0 Å². The summed E-state index contributed by atoms with van der Waals surface area (Å²) in [7, 11) is 0. The van der Waals surface area contributed by atoms with Crippen molar-refractivity contribution < 1.29 is 9.53 Å². The average Bonchev–Trinajstić information content (AvgIpc) is 2.63. The van der Waals surface area contributed by atoms with E-state index in [9.17, 15) is 4.79 Å². The van der Waals surface area contributed by atoms with Gasteiger partial charge in [-0.2, -0.15) is 0 Å². The lowest BCUT2D eigenvalue weighted by molar-refractivity contribution is -0.120. The second-order valence-electron chi connectivity index (χ2n) is 6.20. The van der Waals surface area contributed by atoms with Crippen LogP contribution in [0, 0.1) is 6.92 Å². The molecular weight excluding hydrogens is 302 g/mol. The molecule has 1 aliphatic rings. The summed E-state index contributed by atoms with van der Waals surface area (Å²) in [4.78, 5) is 21.1. The van der Waals surface area contributed by atoms with E-state index < -0.39 is 0 Å². The zero-order valence-electron chi connectivity index (χ0n) is 14.0. The Morgan fingerprint density at radius 3 is 3.00 bits per heavy atom. The fourth-order valence-corrected chi connectivity index (χ4v) is 2.89. The van der Waals surface area contributed by atoms with E-state index in [0.29, 0.717) is 19.6 Å². The van der Waals surface area contributed by atoms with Crippen molar-refractivity contribution in [2.75, 3.05) is 13.2 Å². The van der Waals surface area contributed by atoms with Crippen molar-refractivity contribution in [1.82, 2.24) is 15.3 Å². The van der Waals surface area contributed by atoms with Crippen LogP contribution in [0.3, 0.4) is 0 Å². The van der Waals surface area contributed by atoms with Gasteiger partial charge in [0.25, 0.3) is 0 Å². The monoisotopic (exact) mass is 325 g/mol. The summed E-state index contributed by atoms with van der Waals surface area (Å²) >= 11 is 0. The van der Waals surface area contributed by atoms with E-state index in [1.165, 1.54) is 0 Å². The molecule has 1 aromatic carbocycles. The Kier molecular flexibility index (Phi) is 5.54. The van der Waals surface area contributed by atoms with Gasteiger partial charge in [-0.05, 0) is 37.0 Å². The first-order valence-electron chi connectivity index (χ1n) is 8.43. The Morgan fingerprint density at radius 2 is 2.21 bits per heavy atom. The number of carbonyl (C=O) groups excluding carboxylic acids is 1. The second kappa shape index (κ2) is 8.02. The normalized spacial score (nSPS) is 17.5. The first-order valence-corrected chi connectivity index (χ1v) is 8.43. The quantitative estimate of drug-likeness (QED) is 0.917. The molecule has 0 unspecified atom stereocenters. The Labute approximate surface area is 142 Å². The molecule has 3 rings (SSSR count). The number of aryl methyl sites for hydroxylation is 1. The molecule has 1 saturated heterocycles. The van der Waals surface area contributed by atoms with Crippen molar-refractivity contribution >= 4 is 5.91 Å². The third-order valence-electron chi connectivity index (χ3n) is 4.34. The predicted molar refractivity (Wildman–Crippen MR) is 91.6 cm³/mol. The molecule has 1 aliphatic heterocycles.